The number of esters is 1. The van der Waals surface area contributed by atoms with Crippen molar-refractivity contribution in [2.24, 2.45) is 0 Å². The van der Waals surface area contributed by atoms with Gasteiger partial charge in [-0.25, -0.2) is 4.79 Å². The molecule has 6 heteroatoms. The lowest BCUT2D eigenvalue weighted by molar-refractivity contribution is -0.155. The third-order valence-corrected chi connectivity index (χ3v) is 4.44. The van der Waals surface area contributed by atoms with Crippen LogP contribution >= 0.6 is 0 Å². The molecule has 3 rings (SSSR count). The first kappa shape index (κ1) is 18.8. The number of amides is 1. The molecule has 0 saturated carbocycles. The van der Waals surface area contributed by atoms with E-state index in [1.807, 2.05) is 18.2 Å². The van der Waals surface area contributed by atoms with Crippen LogP contribution < -0.4 is 14.8 Å². The standard InChI is InChI=1S/C21H23NO5/c1-14(21(24)22-17-7-4-8-18(12-17)25-2)27-20(23)13-26-19-10-9-15-5-3-6-16(15)11-19/h4,7-12,14H,3,5-6,13H2,1-2H3,(H,22,24)/t14-/m0/s1. The van der Waals surface area contributed by atoms with Crippen LogP contribution in [0.25, 0.3) is 0 Å². The summed E-state index contributed by atoms with van der Waals surface area (Å²) in [6, 6.07) is 12.8. The number of carbonyl (C=O) groups excluding carboxylic acids is 2. The SMILES string of the molecule is COc1cccc(NC(=O)[C@H](C)OC(=O)COc2ccc3c(c2)CCC3)c1. The Bertz CT molecular complexity index is 833. The van der Waals surface area contributed by atoms with Crippen molar-refractivity contribution in [2.75, 3.05) is 19.0 Å². The normalized spacial score (nSPS) is 13.4. The Labute approximate surface area is 158 Å². The van der Waals surface area contributed by atoms with Crippen molar-refractivity contribution in [3.8, 4) is 11.5 Å². The van der Waals surface area contributed by atoms with Crippen LogP contribution in [-0.2, 0) is 27.2 Å². The molecule has 1 aliphatic rings. The maximum absolute atomic E-state index is 12.2. The van der Waals surface area contributed by atoms with Gasteiger partial charge in [0.25, 0.3) is 5.91 Å². The maximum atomic E-state index is 12.2. The molecule has 1 N–H and O–H groups in total. The van der Waals surface area contributed by atoms with E-state index in [0.29, 0.717) is 17.2 Å². The number of methoxy groups -OCH3 is 1. The van der Waals surface area contributed by atoms with Crippen molar-refractivity contribution in [3.05, 3.63) is 53.6 Å². The number of hydrogen-bond acceptors (Lipinski definition) is 5. The van der Waals surface area contributed by atoms with Gasteiger partial charge in [-0.3, -0.25) is 4.79 Å². The number of anilines is 1. The Balaban J connectivity index is 1.47. The smallest absolute Gasteiger partial charge is 0.344 e. The minimum absolute atomic E-state index is 0.241. The zero-order valence-corrected chi connectivity index (χ0v) is 15.5. The van der Waals surface area contributed by atoms with Gasteiger partial charge in [-0.05, 0) is 61.6 Å². The fourth-order valence-corrected chi connectivity index (χ4v) is 3.01. The van der Waals surface area contributed by atoms with Crippen LogP contribution in [-0.4, -0.2) is 31.7 Å². The summed E-state index contributed by atoms with van der Waals surface area (Å²) in [7, 11) is 1.55. The fraction of sp³-hybridized carbons (Fsp3) is 0.333. The Hall–Kier alpha value is -3.02. The van der Waals surface area contributed by atoms with E-state index in [0.717, 1.165) is 19.3 Å². The second-order valence-electron chi connectivity index (χ2n) is 6.43. The molecule has 0 aliphatic heterocycles. The van der Waals surface area contributed by atoms with Crippen LogP contribution in [0.3, 0.4) is 0 Å². The van der Waals surface area contributed by atoms with Crippen molar-refractivity contribution in [1.82, 2.24) is 0 Å². The number of hydrogen-bond donors (Lipinski definition) is 1. The highest BCUT2D eigenvalue weighted by Crippen LogP contribution is 2.26. The van der Waals surface area contributed by atoms with E-state index in [9.17, 15) is 9.59 Å². The molecule has 27 heavy (non-hydrogen) atoms. The van der Waals surface area contributed by atoms with E-state index in [-0.39, 0.29) is 6.61 Å². The summed E-state index contributed by atoms with van der Waals surface area (Å²) in [6.07, 6.45) is 2.35. The summed E-state index contributed by atoms with van der Waals surface area (Å²) in [5.41, 5.74) is 3.18. The first-order chi connectivity index (χ1) is 13.0. The molecule has 0 fully saturated rings. The molecule has 2 aromatic carbocycles. The number of aryl methyl sites for hydroxylation is 2. The summed E-state index contributed by atoms with van der Waals surface area (Å²) >= 11 is 0. The number of fused-ring (bicyclic) bond motifs is 1. The summed E-state index contributed by atoms with van der Waals surface area (Å²) in [5.74, 6) is 0.249. The summed E-state index contributed by atoms with van der Waals surface area (Å²) in [6.45, 7) is 1.28. The number of carbonyl (C=O) groups is 2. The van der Waals surface area contributed by atoms with E-state index < -0.39 is 18.0 Å². The zero-order chi connectivity index (χ0) is 19.2. The van der Waals surface area contributed by atoms with Crippen molar-refractivity contribution < 1.29 is 23.8 Å². The molecule has 0 unspecified atom stereocenters. The molecule has 0 spiro atoms. The predicted octanol–water partition coefficient (Wildman–Crippen LogP) is 3.13. The number of rotatable bonds is 7. The molecule has 0 heterocycles. The average Bonchev–Trinajstić information content (AvgIpc) is 3.14. The Morgan fingerprint density at radius 1 is 1.07 bits per heavy atom. The van der Waals surface area contributed by atoms with Crippen molar-refractivity contribution in [2.45, 2.75) is 32.3 Å². The summed E-state index contributed by atoms with van der Waals surface area (Å²) < 4.78 is 15.8. The topological polar surface area (TPSA) is 73.9 Å². The van der Waals surface area contributed by atoms with E-state index in [2.05, 4.69) is 5.32 Å². The monoisotopic (exact) mass is 369 g/mol. The van der Waals surface area contributed by atoms with Crippen LogP contribution in [0.2, 0.25) is 0 Å². The second-order valence-corrected chi connectivity index (χ2v) is 6.43. The predicted molar refractivity (Wildman–Crippen MR) is 101 cm³/mol. The van der Waals surface area contributed by atoms with E-state index in [1.165, 1.54) is 18.1 Å². The highest BCUT2D eigenvalue weighted by atomic mass is 16.6. The highest BCUT2D eigenvalue weighted by molar-refractivity contribution is 5.95. The van der Waals surface area contributed by atoms with Crippen LogP contribution in [0.4, 0.5) is 5.69 Å². The Morgan fingerprint density at radius 3 is 2.70 bits per heavy atom. The van der Waals surface area contributed by atoms with Crippen LogP contribution in [0.1, 0.15) is 24.5 Å². The van der Waals surface area contributed by atoms with Gasteiger partial charge in [0.05, 0.1) is 7.11 Å². The molecule has 6 nitrogen and oxygen atoms in total. The van der Waals surface area contributed by atoms with Crippen LogP contribution in [0.5, 0.6) is 11.5 Å². The average molecular weight is 369 g/mol. The van der Waals surface area contributed by atoms with Crippen molar-refractivity contribution >= 4 is 17.6 Å². The molecule has 2 aromatic rings. The molecule has 0 bridgehead atoms. The largest absolute Gasteiger partial charge is 0.497 e. The van der Waals surface area contributed by atoms with E-state index in [4.69, 9.17) is 14.2 Å². The third kappa shape index (κ3) is 5.00. The van der Waals surface area contributed by atoms with Crippen LogP contribution in [0, 0.1) is 0 Å². The quantitative estimate of drug-likeness (QED) is 0.759. The van der Waals surface area contributed by atoms with Gasteiger partial charge in [0.2, 0.25) is 0 Å². The Morgan fingerprint density at radius 2 is 1.89 bits per heavy atom. The molecular formula is C21H23NO5. The van der Waals surface area contributed by atoms with Gasteiger partial charge in [0, 0.05) is 11.8 Å². The van der Waals surface area contributed by atoms with Crippen molar-refractivity contribution in [1.29, 1.82) is 0 Å². The second kappa shape index (κ2) is 8.58. The molecule has 1 atom stereocenters. The van der Waals surface area contributed by atoms with E-state index >= 15 is 0 Å². The Kier molecular flexibility index (Phi) is 5.96. The molecule has 0 saturated heterocycles. The van der Waals surface area contributed by atoms with Crippen molar-refractivity contribution in [3.63, 3.8) is 0 Å². The number of ether oxygens (including phenoxy) is 3. The van der Waals surface area contributed by atoms with E-state index in [1.54, 1.807) is 31.4 Å². The number of benzene rings is 2. The molecule has 0 radical (unpaired) electrons. The summed E-state index contributed by atoms with van der Waals surface area (Å²) in [5, 5.41) is 2.69. The lowest BCUT2D eigenvalue weighted by Crippen LogP contribution is -2.31. The molecule has 0 aromatic heterocycles. The maximum Gasteiger partial charge on any atom is 0.344 e. The molecular weight excluding hydrogens is 346 g/mol. The molecule has 1 amide bonds. The van der Waals surface area contributed by atoms with Gasteiger partial charge in [-0.15, -0.1) is 0 Å². The van der Waals surface area contributed by atoms with Gasteiger partial charge in [0.15, 0.2) is 12.7 Å². The highest BCUT2D eigenvalue weighted by Gasteiger charge is 2.19. The lowest BCUT2D eigenvalue weighted by Gasteiger charge is -2.14. The minimum Gasteiger partial charge on any atom is -0.497 e. The minimum atomic E-state index is -0.938. The third-order valence-electron chi connectivity index (χ3n) is 4.44. The van der Waals surface area contributed by atoms with Gasteiger partial charge in [-0.1, -0.05) is 12.1 Å². The lowest BCUT2D eigenvalue weighted by atomic mass is 10.1. The number of nitrogens with one attached hydrogen (secondary N) is 1. The molecule has 1 aliphatic carbocycles. The molecule has 142 valence electrons. The first-order valence-corrected chi connectivity index (χ1v) is 8.94. The zero-order valence-electron chi connectivity index (χ0n) is 15.5. The fourth-order valence-electron chi connectivity index (χ4n) is 3.01. The van der Waals surface area contributed by atoms with Crippen LogP contribution in [0.15, 0.2) is 42.5 Å². The van der Waals surface area contributed by atoms with Gasteiger partial charge in [0.1, 0.15) is 11.5 Å². The summed E-state index contributed by atoms with van der Waals surface area (Å²) in [4.78, 5) is 24.2. The van der Waals surface area contributed by atoms with Gasteiger partial charge < -0.3 is 19.5 Å². The first-order valence-electron chi connectivity index (χ1n) is 8.94. The van der Waals surface area contributed by atoms with Gasteiger partial charge >= 0.3 is 5.97 Å². The van der Waals surface area contributed by atoms with Gasteiger partial charge in [-0.2, -0.15) is 0 Å².